The van der Waals surface area contributed by atoms with E-state index < -0.39 is 0 Å². The van der Waals surface area contributed by atoms with Crippen LogP contribution in [0.1, 0.15) is 12.5 Å². The molecule has 2 aromatic heterocycles. The Kier molecular flexibility index (Phi) is 3.36. The molecule has 86 valence electrons. The summed E-state index contributed by atoms with van der Waals surface area (Å²) in [6, 6.07) is 2.52. The highest BCUT2D eigenvalue weighted by molar-refractivity contribution is 5.09. The van der Waals surface area contributed by atoms with Gasteiger partial charge in [0.15, 0.2) is 0 Å². The highest BCUT2D eigenvalue weighted by Gasteiger charge is 2.03. The molecule has 1 N–H and O–H groups in total. The predicted octanol–water partition coefficient (Wildman–Crippen LogP) is 0.795. The molecule has 2 rings (SSSR count). The van der Waals surface area contributed by atoms with Gasteiger partial charge in [-0.2, -0.15) is 0 Å². The Morgan fingerprint density at radius 3 is 2.75 bits per heavy atom. The summed E-state index contributed by atoms with van der Waals surface area (Å²) in [4.78, 5) is 0. The topological polar surface area (TPSA) is 47.7 Å². The fourth-order valence-electron chi connectivity index (χ4n) is 1.65. The van der Waals surface area contributed by atoms with E-state index in [4.69, 9.17) is 0 Å². The molecule has 0 saturated carbocycles. The standard InChI is InChI=1S/C11H17N5/c1-10(6-16-8-13-14-9-16)12-5-11-3-4-15(2)7-11/h3-4,7-10,12H,5-6H2,1-2H3. The lowest BCUT2D eigenvalue weighted by Gasteiger charge is -2.13. The molecule has 0 aliphatic heterocycles. The highest BCUT2D eigenvalue weighted by atomic mass is 15.2. The first kappa shape index (κ1) is 10.9. The minimum absolute atomic E-state index is 0.399. The first-order chi connectivity index (χ1) is 7.74. The van der Waals surface area contributed by atoms with Gasteiger partial charge in [0.25, 0.3) is 0 Å². The molecule has 0 spiro atoms. The maximum atomic E-state index is 3.78. The SMILES string of the molecule is CC(Cn1cnnc1)NCc1ccn(C)c1. The summed E-state index contributed by atoms with van der Waals surface area (Å²) in [6.45, 7) is 3.94. The number of rotatable bonds is 5. The van der Waals surface area contributed by atoms with Crippen LogP contribution in [0.5, 0.6) is 0 Å². The molecular formula is C11H17N5. The summed E-state index contributed by atoms with van der Waals surface area (Å²) < 4.78 is 4.03. The van der Waals surface area contributed by atoms with Crippen LogP contribution in [0.2, 0.25) is 0 Å². The molecule has 0 aliphatic rings. The maximum Gasteiger partial charge on any atom is 0.119 e. The zero-order chi connectivity index (χ0) is 11.4. The summed E-state index contributed by atoms with van der Waals surface area (Å²) in [5.74, 6) is 0. The zero-order valence-corrected chi connectivity index (χ0v) is 9.67. The van der Waals surface area contributed by atoms with E-state index in [1.165, 1.54) is 5.56 Å². The summed E-state index contributed by atoms with van der Waals surface area (Å²) in [7, 11) is 2.03. The van der Waals surface area contributed by atoms with Gasteiger partial charge in [0.05, 0.1) is 0 Å². The van der Waals surface area contributed by atoms with Crippen LogP contribution in [0.4, 0.5) is 0 Å². The molecule has 0 aliphatic carbocycles. The minimum Gasteiger partial charge on any atom is -0.357 e. The van der Waals surface area contributed by atoms with Crippen molar-refractivity contribution in [3.05, 3.63) is 36.7 Å². The van der Waals surface area contributed by atoms with Gasteiger partial charge in [-0.1, -0.05) is 0 Å². The average molecular weight is 219 g/mol. The molecule has 2 aromatic rings. The van der Waals surface area contributed by atoms with E-state index in [2.05, 4.69) is 45.5 Å². The second kappa shape index (κ2) is 4.94. The molecular weight excluding hydrogens is 202 g/mol. The lowest BCUT2D eigenvalue weighted by Crippen LogP contribution is -2.29. The van der Waals surface area contributed by atoms with Crippen LogP contribution in [-0.4, -0.2) is 25.4 Å². The van der Waals surface area contributed by atoms with Crippen LogP contribution in [0, 0.1) is 0 Å². The number of nitrogens with zero attached hydrogens (tertiary/aromatic N) is 4. The van der Waals surface area contributed by atoms with Gasteiger partial charge in [0, 0.05) is 38.6 Å². The quantitative estimate of drug-likeness (QED) is 0.809. The van der Waals surface area contributed by atoms with Gasteiger partial charge >= 0.3 is 0 Å². The van der Waals surface area contributed by atoms with E-state index in [0.29, 0.717) is 6.04 Å². The first-order valence-corrected chi connectivity index (χ1v) is 5.40. The van der Waals surface area contributed by atoms with Crippen molar-refractivity contribution in [1.29, 1.82) is 0 Å². The molecule has 2 heterocycles. The largest absolute Gasteiger partial charge is 0.357 e. The molecule has 5 nitrogen and oxygen atoms in total. The van der Waals surface area contributed by atoms with Gasteiger partial charge in [0.2, 0.25) is 0 Å². The van der Waals surface area contributed by atoms with Crippen molar-refractivity contribution in [3.63, 3.8) is 0 Å². The van der Waals surface area contributed by atoms with Crippen LogP contribution in [0.15, 0.2) is 31.1 Å². The van der Waals surface area contributed by atoms with E-state index in [9.17, 15) is 0 Å². The molecule has 0 bridgehead atoms. The lowest BCUT2D eigenvalue weighted by atomic mass is 10.3. The van der Waals surface area contributed by atoms with E-state index >= 15 is 0 Å². The number of aryl methyl sites for hydroxylation is 1. The molecule has 1 atom stereocenters. The van der Waals surface area contributed by atoms with Crippen molar-refractivity contribution in [1.82, 2.24) is 24.6 Å². The maximum absolute atomic E-state index is 3.78. The summed E-state index contributed by atoms with van der Waals surface area (Å²) in [6.07, 6.45) is 7.65. The summed E-state index contributed by atoms with van der Waals surface area (Å²) in [5, 5.41) is 11.0. The number of aromatic nitrogens is 4. The Bertz CT molecular complexity index is 417. The molecule has 5 heteroatoms. The van der Waals surface area contributed by atoms with Crippen LogP contribution < -0.4 is 5.32 Å². The second-order valence-electron chi connectivity index (χ2n) is 4.13. The Balaban J connectivity index is 1.77. The Morgan fingerprint density at radius 1 is 1.38 bits per heavy atom. The van der Waals surface area contributed by atoms with Crippen LogP contribution in [0.25, 0.3) is 0 Å². The van der Waals surface area contributed by atoms with E-state index in [1.54, 1.807) is 12.7 Å². The van der Waals surface area contributed by atoms with Crippen molar-refractivity contribution in [3.8, 4) is 0 Å². The van der Waals surface area contributed by atoms with Gasteiger partial charge in [-0.05, 0) is 18.6 Å². The van der Waals surface area contributed by atoms with E-state index in [0.717, 1.165) is 13.1 Å². The Hall–Kier alpha value is -1.62. The van der Waals surface area contributed by atoms with Gasteiger partial charge in [0.1, 0.15) is 12.7 Å². The van der Waals surface area contributed by atoms with Crippen molar-refractivity contribution >= 4 is 0 Å². The van der Waals surface area contributed by atoms with Gasteiger partial charge in [-0.15, -0.1) is 10.2 Å². The van der Waals surface area contributed by atoms with Crippen molar-refractivity contribution < 1.29 is 0 Å². The fourth-order valence-corrected chi connectivity index (χ4v) is 1.65. The zero-order valence-electron chi connectivity index (χ0n) is 9.67. The minimum atomic E-state index is 0.399. The summed E-state index contributed by atoms with van der Waals surface area (Å²) in [5.41, 5.74) is 1.30. The third-order valence-electron chi connectivity index (χ3n) is 2.50. The summed E-state index contributed by atoms with van der Waals surface area (Å²) >= 11 is 0. The van der Waals surface area contributed by atoms with Gasteiger partial charge in [-0.25, -0.2) is 0 Å². The van der Waals surface area contributed by atoms with Crippen LogP contribution >= 0.6 is 0 Å². The third-order valence-corrected chi connectivity index (χ3v) is 2.50. The van der Waals surface area contributed by atoms with Gasteiger partial charge < -0.3 is 14.5 Å². The molecule has 1 unspecified atom stereocenters. The predicted molar refractivity (Wildman–Crippen MR) is 61.7 cm³/mol. The average Bonchev–Trinajstić information content (AvgIpc) is 2.87. The van der Waals surface area contributed by atoms with Crippen molar-refractivity contribution in [2.75, 3.05) is 0 Å². The Morgan fingerprint density at radius 2 is 2.12 bits per heavy atom. The molecule has 0 saturated heterocycles. The molecule has 0 fully saturated rings. The van der Waals surface area contributed by atoms with Crippen LogP contribution in [-0.2, 0) is 20.1 Å². The first-order valence-electron chi connectivity index (χ1n) is 5.40. The number of nitrogens with one attached hydrogen (secondary N) is 1. The van der Waals surface area contributed by atoms with Crippen molar-refractivity contribution in [2.24, 2.45) is 7.05 Å². The fraction of sp³-hybridized carbons (Fsp3) is 0.455. The molecule has 0 amide bonds. The smallest absolute Gasteiger partial charge is 0.119 e. The van der Waals surface area contributed by atoms with Crippen LogP contribution in [0.3, 0.4) is 0 Å². The normalized spacial score (nSPS) is 12.9. The van der Waals surface area contributed by atoms with E-state index in [1.807, 2.05) is 11.6 Å². The molecule has 16 heavy (non-hydrogen) atoms. The van der Waals surface area contributed by atoms with Gasteiger partial charge in [-0.3, -0.25) is 0 Å². The third kappa shape index (κ3) is 2.93. The molecule has 0 radical (unpaired) electrons. The van der Waals surface area contributed by atoms with E-state index in [-0.39, 0.29) is 0 Å². The van der Waals surface area contributed by atoms with Crippen molar-refractivity contribution in [2.45, 2.75) is 26.1 Å². The Labute approximate surface area is 95.1 Å². The lowest BCUT2D eigenvalue weighted by molar-refractivity contribution is 0.475. The molecule has 0 aromatic carbocycles. The second-order valence-corrected chi connectivity index (χ2v) is 4.13. The monoisotopic (exact) mass is 219 g/mol. The number of hydrogen-bond acceptors (Lipinski definition) is 3. The highest BCUT2D eigenvalue weighted by Crippen LogP contribution is 2.00. The number of hydrogen-bond donors (Lipinski definition) is 1.